The Kier molecular flexibility index (Phi) is 4.13. The lowest BCUT2D eigenvalue weighted by Gasteiger charge is -2.27. The summed E-state index contributed by atoms with van der Waals surface area (Å²) in [5.41, 5.74) is 1.97. The molecule has 5 rings (SSSR count). The van der Waals surface area contributed by atoms with Crippen molar-refractivity contribution < 1.29 is 18.8 Å². The van der Waals surface area contributed by atoms with Crippen LogP contribution in [0.5, 0.6) is 0 Å². The van der Waals surface area contributed by atoms with Gasteiger partial charge in [0.25, 0.3) is 0 Å². The van der Waals surface area contributed by atoms with E-state index < -0.39 is 23.7 Å². The van der Waals surface area contributed by atoms with Crippen molar-refractivity contribution in [3.63, 3.8) is 0 Å². The third-order valence-corrected chi connectivity index (χ3v) is 6.54. The summed E-state index contributed by atoms with van der Waals surface area (Å²) >= 11 is 0. The van der Waals surface area contributed by atoms with E-state index in [4.69, 9.17) is 0 Å². The van der Waals surface area contributed by atoms with E-state index in [1.165, 1.54) is 29.2 Å². The van der Waals surface area contributed by atoms with Crippen molar-refractivity contribution in [3.05, 3.63) is 65.5 Å². The molecule has 6 heteroatoms. The van der Waals surface area contributed by atoms with Crippen LogP contribution < -0.4 is 4.90 Å². The van der Waals surface area contributed by atoms with Gasteiger partial charge in [-0.3, -0.25) is 19.3 Å². The number of anilines is 1. The summed E-state index contributed by atoms with van der Waals surface area (Å²) in [6.07, 6.45) is 1.70. The molecule has 3 fully saturated rings. The molecule has 148 valence electrons. The molecule has 3 saturated heterocycles. The zero-order valence-electron chi connectivity index (χ0n) is 16.0. The van der Waals surface area contributed by atoms with E-state index in [0.29, 0.717) is 17.8 Å². The largest absolute Gasteiger partial charge is 0.292 e. The number of rotatable bonds is 3. The van der Waals surface area contributed by atoms with Gasteiger partial charge in [-0.25, -0.2) is 9.29 Å². The fourth-order valence-electron chi connectivity index (χ4n) is 5.25. The van der Waals surface area contributed by atoms with Crippen LogP contribution in [0.25, 0.3) is 0 Å². The minimum absolute atomic E-state index is 0.0960. The number of nitrogens with zero attached hydrogens (tertiary/aromatic N) is 2. The number of benzene rings is 2. The second kappa shape index (κ2) is 6.59. The molecule has 2 amide bonds. The minimum Gasteiger partial charge on any atom is -0.292 e. The van der Waals surface area contributed by atoms with Gasteiger partial charge >= 0.3 is 0 Å². The highest BCUT2D eigenvalue weighted by atomic mass is 19.1. The number of imide groups is 1. The van der Waals surface area contributed by atoms with Crippen LogP contribution in [-0.4, -0.2) is 41.1 Å². The molecule has 2 aromatic carbocycles. The zero-order chi connectivity index (χ0) is 20.3. The van der Waals surface area contributed by atoms with Crippen molar-refractivity contribution in [1.29, 1.82) is 0 Å². The Labute approximate surface area is 168 Å². The summed E-state index contributed by atoms with van der Waals surface area (Å²) in [7, 11) is 0. The zero-order valence-corrected chi connectivity index (χ0v) is 16.0. The molecule has 0 N–H and O–H groups in total. The molecular weight excluding hydrogens is 371 g/mol. The third kappa shape index (κ3) is 2.66. The van der Waals surface area contributed by atoms with E-state index in [-0.39, 0.29) is 23.6 Å². The molecule has 0 aliphatic carbocycles. The first-order chi connectivity index (χ1) is 14.0. The van der Waals surface area contributed by atoms with Gasteiger partial charge in [0.1, 0.15) is 5.82 Å². The van der Waals surface area contributed by atoms with E-state index in [1.807, 2.05) is 24.0 Å². The summed E-state index contributed by atoms with van der Waals surface area (Å²) in [6.45, 7) is 2.64. The van der Waals surface area contributed by atoms with Crippen molar-refractivity contribution in [2.24, 2.45) is 11.8 Å². The molecule has 4 atom stereocenters. The molecule has 2 aromatic rings. The predicted molar refractivity (Wildman–Crippen MR) is 105 cm³/mol. The third-order valence-electron chi connectivity index (χ3n) is 6.54. The maximum absolute atomic E-state index is 13.4. The molecule has 29 heavy (non-hydrogen) atoms. The van der Waals surface area contributed by atoms with Crippen molar-refractivity contribution in [2.75, 3.05) is 11.4 Å². The second-order valence-electron chi connectivity index (χ2n) is 8.16. The molecule has 0 unspecified atom stereocenters. The number of ketones is 1. The molecule has 0 aromatic heterocycles. The van der Waals surface area contributed by atoms with Crippen LogP contribution in [0, 0.1) is 24.6 Å². The van der Waals surface area contributed by atoms with Gasteiger partial charge in [0.2, 0.25) is 11.8 Å². The standard InChI is InChI=1S/C23H21FN2O3/c1-13-4-10-16(11-5-13)26-22(28)18-17-3-2-12-25(17)20(19(18)23(26)29)21(27)14-6-8-15(24)9-7-14/h4-11,17-20H,2-3,12H2,1H3/t17-,18-,19-,20-/m0/s1. The summed E-state index contributed by atoms with van der Waals surface area (Å²) < 4.78 is 13.3. The molecule has 0 radical (unpaired) electrons. The molecular formula is C23H21FN2O3. The Morgan fingerprint density at radius 2 is 1.62 bits per heavy atom. The Morgan fingerprint density at radius 1 is 0.966 bits per heavy atom. The number of amides is 2. The van der Waals surface area contributed by atoms with Crippen LogP contribution in [0.4, 0.5) is 10.1 Å². The van der Waals surface area contributed by atoms with Gasteiger partial charge in [0.15, 0.2) is 5.78 Å². The van der Waals surface area contributed by atoms with E-state index in [9.17, 15) is 18.8 Å². The summed E-state index contributed by atoms with van der Waals surface area (Å²) in [6, 6.07) is 11.9. The van der Waals surface area contributed by atoms with Crippen LogP contribution in [0.15, 0.2) is 48.5 Å². The molecule has 3 aliphatic heterocycles. The highest BCUT2D eigenvalue weighted by Crippen LogP contribution is 2.48. The molecule has 3 aliphatic rings. The summed E-state index contributed by atoms with van der Waals surface area (Å²) in [5, 5.41) is 0. The predicted octanol–water partition coefficient (Wildman–Crippen LogP) is 2.97. The van der Waals surface area contributed by atoms with E-state index >= 15 is 0 Å². The smallest absolute Gasteiger partial charge is 0.239 e. The minimum atomic E-state index is -0.688. The monoisotopic (exact) mass is 392 g/mol. The topological polar surface area (TPSA) is 57.7 Å². The number of carbonyl (C=O) groups excluding carboxylic acids is 3. The van der Waals surface area contributed by atoms with Crippen LogP contribution in [-0.2, 0) is 9.59 Å². The van der Waals surface area contributed by atoms with Gasteiger partial charge in [0, 0.05) is 11.6 Å². The number of hydrogen-bond donors (Lipinski definition) is 0. The first kappa shape index (κ1) is 18.2. The Morgan fingerprint density at radius 3 is 2.31 bits per heavy atom. The Balaban J connectivity index is 1.54. The van der Waals surface area contributed by atoms with Crippen LogP contribution in [0.2, 0.25) is 0 Å². The number of aryl methyl sites for hydroxylation is 1. The van der Waals surface area contributed by atoms with Crippen LogP contribution in [0.1, 0.15) is 28.8 Å². The molecule has 0 saturated carbocycles. The highest BCUT2D eigenvalue weighted by molar-refractivity contribution is 6.24. The number of fused-ring (bicyclic) bond motifs is 3. The average molecular weight is 392 g/mol. The van der Waals surface area contributed by atoms with E-state index in [1.54, 1.807) is 12.1 Å². The normalized spacial score (nSPS) is 28.7. The highest BCUT2D eigenvalue weighted by Gasteiger charge is 2.64. The Hall–Kier alpha value is -2.86. The maximum atomic E-state index is 13.4. The van der Waals surface area contributed by atoms with Gasteiger partial charge in [-0.15, -0.1) is 0 Å². The fourth-order valence-corrected chi connectivity index (χ4v) is 5.25. The molecule has 3 heterocycles. The first-order valence-electron chi connectivity index (χ1n) is 9.97. The van der Waals surface area contributed by atoms with Crippen LogP contribution in [0.3, 0.4) is 0 Å². The number of carbonyl (C=O) groups is 3. The molecule has 5 nitrogen and oxygen atoms in total. The fraction of sp³-hybridized carbons (Fsp3) is 0.348. The SMILES string of the molecule is Cc1ccc(N2C(=O)[C@@H]3[C@H](C2=O)[C@@H](C(=O)c2ccc(F)cc2)N2CCC[C@@H]32)cc1. The first-order valence-corrected chi connectivity index (χ1v) is 9.97. The quantitative estimate of drug-likeness (QED) is 0.595. The van der Waals surface area contributed by atoms with Crippen molar-refractivity contribution in [1.82, 2.24) is 4.90 Å². The van der Waals surface area contributed by atoms with Gasteiger partial charge in [0.05, 0.1) is 23.6 Å². The van der Waals surface area contributed by atoms with E-state index in [0.717, 1.165) is 18.4 Å². The number of halogens is 1. The number of hydrogen-bond acceptors (Lipinski definition) is 4. The molecule has 0 bridgehead atoms. The van der Waals surface area contributed by atoms with Gasteiger partial charge < -0.3 is 0 Å². The average Bonchev–Trinajstić information content (AvgIpc) is 3.35. The van der Waals surface area contributed by atoms with Gasteiger partial charge in [-0.2, -0.15) is 0 Å². The van der Waals surface area contributed by atoms with E-state index in [2.05, 4.69) is 0 Å². The Bertz CT molecular complexity index is 1000. The lowest BCUT2D eigenvalue weighted by Crippen LogP contribution is -2.46. The lowest BCUT2D eigenvalue weighted by atomic mass is 9.85. The second-order valence-corrected chi connectivity index (χ2v) is 8.16. The van der Waals surface area contributed by atoms with Gasteiger partial charge in [-0.05, 0) is 62.7 Å². The summed E-state index contributed by atoms with van der Waals surface area (Å²) in [4.78, 5) is 43.3. The maximum Gasteiger partial charge on any atom is 0.239 e. The molecule has 0 spiro atoms. The van der Waals surface area contributed by atoms with Crippen molar-refractivity contribution >= 4 is 23.3 Å². The summed E-state index contributed by atoms with van der Waals surface area (Å²) in [5.74, 6) is -2.33. The van der Waals surface area contributed by atoms with Gasteiger partial charge in [-0.1, -0.05) is 17.7 Å². The lowest BCUT2D eigenvalue weighted by molar-refractivity contribution is -0.123. The van der Waals surface area contributed by atoms with Crippen molar-refractivity contribution in [2.45, 2.75) is 31.8 Å². The van der Waals surface area contributed by atoms with Crippen LogP contribution >= 0.6 is 0 Å². The number of Topliss-reactive ketones (excluding diaryl/α,β-unsaturated/α-hetero) is 1. The van der Waals surface area contributed by atoms with Crippen molar-refractivity contribution in [3.8, 4) is 0 Å².